The average molecular weight is 555 g/mol. The van der Waals surface area contributed by atoms with E-state index in [0.29, 0.717) is 10.5 Å². The highest BCUT2D eigenvalue weighted by molar-refractivity contribution is 8.33. The van der Waals surface area contributed by atoms with Gasteiger partial charge in [0.25, 0.3) is 0 Å². The van der Waals surface area contributed by atoms with Crippen molar-refractivity contribution in [2.75, 3.05) is 12.5 Å². The summed E-state index contributed by atoms with van der Waals surface area (Å²) in [5, 5.41) is 0.965. The van der Waals surface area contributed by atoms with Gasteiger partial charge in [-0.15, -0.1) is 0 Å². The minimum Gasteiger partial charge on any atom is -0.226 e. The molecule has 7 rings (SSSR count). The second-order valence-electron chi connectivity index (χ2n) is 13.9. The van der Waals surface area contributed by atoms with E-state index in [1.54, 1.807) is 11.1 Å². The van der Waals surface area contributed by atoms with Gasteiger partial charge in [-0.1, -0.05) is 135 Å². The third kappa shape index (κ3) is 4.45. The Morgan fingerprint density at radius 1 is 0.610 bits per heavy atom. The average Bonchev–Trinajstić information content (AvgIpc) is 3.63. The number of fused-ring (bicyclic) bond motifs is 2. The Hall–Kier alpha value is -3.29. The standard InChI is InChI=1S/C40H42S/c1-26-24-36-31(27-12-8-7-9-13-27)14-10-16-33(36)38(26)41(5,6)39-34-17-11-15-32(37(34)25-35(39)29-18-19-29)28-20-22-30(23-21-28)40(2,3)4/h7-17,20-25,29,38-39H,18-19H2,1-6H3. The van der Waals surface area contributed by atoms with Crippen molar-refractivity contribution in [2.24, 2.45) is 5.92 Å². The van der Waals surface area contributed by atoms with Gasteiger partial charge in [-0.2, -0.15) is 0 Å². The monoisotopic (exact) mass is 554 g/mol. The van der Waals surface area contributed by atoms with Gasteiger partial charge in [0.05, 0.1) is 0 Å². The fourth-order valence-corrected chi connectivity index (χ4v) is 11.5. The van der Waals surface area contributed by atoms with E-state index in [2.05, 4.69) is 143 Å². The minimum atomic E-state index is -1.13. The molecule has 41 heavy (non-hydrogen) atoms. The molecule has 0 radical (unpaired) electrons. The lowest BCUT2D eigenvalue weighted by molar-refractivity contribution is 0.590. The minimum absolute atomic E-state index is 0.165. The van der Waals surface area contributed by atoms with Crippen molar-refractivity contribution in [1.82, 2.24) is 0 Å². The third-order valence-electron chi connectivity index (χ3n) is 9.65. The molecule has 0 aromatic heterocycles. The van der Waals surface area contributed by atoms with Crippen LogP contribution in [0.4, 0.5) is 0 Å². The van der Waals surface area contributed by atoms with Crippen molar-refractivity contribution >= 4 is 22.2 Å². The van der Waals surface area contributed by atoms with Crippen LogP contribution in [0.2, 0.25) is 0 Å². The van der Waals surface area contributed by atoms with Crippen LogP contribution < -0.4 is 0 Å². The Labute approximate surface area is 248 Å². The topological polar surface area (TPSA) is 0 Å². The van der Waals surface area contributed by atoms with Crippen LogP contribution in [0.25, 0.3) is 34.4 Å². The van der Waals surface area contributed by atoms with Crippen molar-refractivity contribution in [1.29, 1.82) is 0 Å². The lowest BCUT2D eigenvalue weighted by Gasteiger charge is -2.46. The van der Waals surface area contributed by atoms with Gasteiger partial charge in [0.15, 0.2) is 0 Å². The molecule has 2 atom stereocenters. The molecule has 3 aliphatic rings. The number of hydrogen-bond donors (Lipinski definition) is 0. The largest absolute Gasteiger partial charge is 0.226 e. The van der Waals surface area contributed by atoms with Crippen LogP contribution in [-0.4, -0.2) is 12.5 Å². The molecule has 1 heteroatoms. The number of benzene rings is 4. The molecule has 3 aliphatic carbocycles. The molecular formula is C40H42S. The Morgan fingerprint density at radius 2 is 1.17 bits per heavy atom. The normalized spacial score (nSPS) is 20.3. The summed E-state index contributed by atoms with van der Waals surface area (Å²) in [6.07, 6.45) is 13.1. The molecule has 0 bridgehead atoms. The molecule has 208 valence electrons. The van der Waals surface area contributed by atoms with Crippen LogP contribution in [0.5, 0.6) is 0 Å². The summed E-state index contributed by atoms with van der Waals surface area (Å²) in [4.78, 5) is 0. The van der Waals surface area contributed by atoms with Crippen molar-refractivity contribution < 1.29 is 0 Å². The maximum atomic E-state index is 2.63. The summed E-state index contributed by atoms with van der Waals surface area (Å²) in [7, 11) is -1.13. The second kappa shape index (κ2) is 9.63. The van der Waals surface area contributed by atoms with Crippen LogP contribution in [0.3, 0.4) is 0 Å². The Morgan fingerprint density at radius 3 is 1.76 bits per heavy atom. The SMILES string of the molecule is CC1=Cc2c(-c3ccccc3)cccc2C1S(C)(C)C1C(C2CC2)=Cc2c(-c3ccc(C(C)(C)C)cc3)cccc21. The number of rotatable bonds is 5. The maximum Gasteiger partial charge on any atom is 0.0366 e. The van der Waals surface area contributed by atoms with Crippen molar-refractivity contribution in [2.45, 2.75) is 56.5 Å². The first-order chi connectivity index (χ1) is 19.6. The van der Waals surface area contributed by atoms with Gasteiger partial charge < -0.3 is 0 Å². The lowest BCUT2D eigenvalue weighted by atomic mass is 9.86. The zero-order valence-electron chi connectivity index (χ0n) is 25.4. The van der Waals surface area contributed by atoms with E-state index >= 15 is 0 Å². The zero-order valence-corrected chi connectivity index (χ0v) is 26.2. The highest BCUT2D eigenvalue weighted by atomic mass is 32.3. The predicted molar refractivity (Wildman–Crippen MR) is 182 cm³/mol. The third-order valence-corrected chi connectivity index (χ3v) is 13.2. The Balaban J connectivity index is 1.32. The highest BCUT2D eigenvalue weighted by Gasteiger charge is 2.46. The zero-order chi connectivity index (χ0) is 28.5. The van der Waals surface area contributed by atoms with E-state index in [0.717, 1.165) is 5.92 Å². The van der Waals surface area contributed by atoms with E-state index < -0.39 is 10.0 Å². The van der Waals surface area contributed by atoms with Crippen molar-refractivity contribution in [3.05, 3.63) is 130 Å². The smallest absolute Gasteiger partial charge is 0.0366 e. The molecular weight excluding hydrogens is 513 g/mol. The molecule has 1 saturated carbocycles. The molecule has 2 unspecified atom stereocenters. The van der Waals surface area contributed by atoms with Gasteiger partial charge in [-0.25, -0.2) is 10.0 Å². The van der Waals surface area contributed by atoms with Crippen LogP contribution in [0.1, 0.15) is 78.9 Å². The fourth-order valence-electron chi connectivity index (χ4n) is 7.56. The molecule has 0 heterocycles. The molecule has 0 amide bonds. The van der Waals surface area contributed by atoms with Gasteiger partial charge >= 0.3 is 0 Å². The maximum absolute atomic E-state index is 2.63. The van der Waals surface area contributed by atoms with E-state index in [9.17, 15) is 0 Å². The predicted octanol–water partition coefficient (Wildman–Crippen LogP) is 11.4. The second-order valence-corrected chi connectivity index (χ2v) is 17.8. The van der Waals surface area contributed by atoms with Gasteiger partial charge in [0.1, 0.15) is 0 Å². The molecule has 0 saturated heterocycles. The summed E-state index contributed by atoms with van der Waals surface area (Å²) < 4.78 is 0. The highest BCUT2D eigenvalue weighted by Crippen LogP contribution is 2.74. The van der Waals surface area contributed by atoms with Gasteiger partial charge in [0, 0.05) is 10.5 Å². The molecule has 0 spiro atoms. The first-order valence-electron chi connectivity index (χ1n) is 15.2. The van der Waals surface area contributed by atoms with Crippen LogP contribution in [-0.2, 0) is 5.41 Å². The summed E-state index contributed by atoms with van der Waals surface area (Å²) >= 11 is 0. The molecule has 4 aromatic carbocycles. The fraction of sp³-hybridized carbons (Fsp3) is 0.300. The Bertz CT molecular complexity index is 1690. The summed E-state index contributed by atoms with van der Waals surface area (Å²) in [6, 6.07) is 34.4. The summed E-state index contributed by atoms with van der Waals surface area (Å²) in [5.74, 6) is 0.746. The summed E-state index contributed by atoms with van der Waals surface area (Å²) in [6.45, 7) is 9.27. The van der Waals surface area contributed by atoms with Crippen LogP contribution >= 0.6 is 10.0 Å². The van der Waals surface area contributed by atoms with E-state index in [4.69, 9.17) is 0 Å². The summed E-state index contributed by atoms with van der Waals surface area (Å²) in [5.41, 5.74) is 16.2. The van der Waals surface area contributed by atoms with Crippen LogP contribution in [0, 0.1) is 5.92 Å². The van der Waals surface area contributed by atoms with Gasteiger partial charge in [0.2, 0.25) is 0 Å². The Kier molecular flexibility index (Phi) is 6.25. The molecule has 0 nitrogen and oxygen atoms in total. The van der Waals surface area contributed by atoms with Crippen LogP contribution in [0.15, 0.2) is 102 Å². The molecule has 1 fully saturated rings. The van der Waals surface area contributed by atoms with E-state index in [-0.39, 0.29) is 5.41 Å². The van der Waals surface area contributed by atoms with Gasteiger partial charge in [-0.3, -0.25) is 0 Å². The van der Waals surface area contributed by atoms with Gasteiger partial charge in [-0.05, 0) is 93.7 Å². The molecule has 0 N–H and O–H groups in total. The van der Waals surface area contributed by atoms with Crippen molar-refractivity contribution in [3.63, 3.8) is 0 Å². The number of hydrogen-bond acceptors (Lipinski definition) is 0. The molecule has 4 aromatic rings. The van der Waals surface area contributed by atoms with Crippen molar-refractivity contribution in [3.8, 4) is 22.3 Å². The first-order valence-corrected chi connectivity index (χ1v) is 17.7. The quantitative estimate of drug-likeness (QED) is 0.230. The van der Waals surface area contributed by atoms with E-state index in [1.165, 1.54) is 62.9 Å². The van der Waals surface area contributed by atoms with E-state index in [1.807, 2.05) is 0 Å². The first kappa shape index (κ1) is 26.6. The lowest BCUT2D eigenvalue weighted by Crippen LogP contribution is -2.18. The molecule has 0 aliphatic heterocycles.